The van der Waals surface area contributed by atoms with Gasteiger partial charge in [0.15, 0.2) is 25.0 Å². The van der Waals surface area contributed by atoms with Gasteiger partial charge in [-0.1, -0.05) is 18.3 Å². The van der Waals surface area contributed by atoms with Crippen molar-refractivity contribution in [2.24, 2.45) is 11.8 Å². The number of rotatable bonds is 16. The summed E-state index contributed by atoms with van der Waals surface area (Å²) in [6.45, 7) is 24.4. The number of aromatic nitrogens is 1. The summed E-state index contributed by atoms with van der Waals surface area (Å²) < 4.78 is 37.8. The number of thiazole rings is 1. The van der Waals surface area contributed by atoms with Gasteiger partial charge in [-0.3, -0.25) is 4.79 Å². The van der Waals surface area contributed by atoms with Crippen molar-refractivity contribution in [2.45, 2.75) is 135 Å². The molecule has 1 aromatic rings. The predicted molar refractivity (Wildman–Crippen MR) is 174 cm³/mol. The zero-order valence-corrected chi connectivity index (χ0v) is 31.6. The van der Waals surface area contributed by atoms with Gasteiger partial charge in [-0.25, -0.2) is 4.98 Å². The molecule has 3 rings (SSSR count). The molecule has 1 N–H and O–H groups in total. The highest BCUT2D eigenvalue weighted by Gasteiger charge is 2.52. The Balaban J connectivity index is 1.73. The molecule has 2 aliphatic rings. The zero-order chi connectivity index (χ0) is 31.6. The van der Waals surface area contributed by atoms with Gasteiger partial charge in [-0.2, -0.15) is 0 Å². The Morgan fingerprint density at radius 2 is 1.64 bits per heavy atom. The number of aliphatic hydroxyl groups excluding tert-OH is 1. The minimum absolute atomic E-state index is 0.0147. The van der Waals surface area contributed by atoms with Crippen LogP contribution in [0.5, 0.6) is 5.19 Å². The van der Waals surface area contributed by atoms with Crippen molar-refractivity contribution in [1.82, 2.24) is 4.98 Å². The van der Waals surface area contributed by atoms with Crippen molar-refractivity contribution < 1.29 is 37.4 Å². The second-order valence-electron chi connectivity index (χ2n) is 14.9. The number of methoxy groups -OCH3 is 1. The molecular formula is C29H55NO8SSi3. The number of carbonyl (C=O) groups excluding carboxylic acids is 1. The first-order chi connectivity index (χ1) is 19.3. The van der Waals surface area contributed by atoms with Gasteiger partial charge < -0.3 is 32.6 Å². The fraction of sp³-hybridized carbons (Fsp3) is 0.862. The second-order valence-corrected chi connectivity index (χ2v) is 29.1. The zero-order valence-electron chi connectivity index (χ0n) is 27.8. The standard InChI is InChI=1S/C29H55NO8SSi3/c1-18(19(2)36-40(4,5)6)26-25(35-26)15-24-28(38-42(10,11)12)27(37-41(7,8)9)20(16-34-24)13-21(31)14-23(32)22-17-39-29(30-22)33-3/h17-20,23-28,32H,13-16H2,1-12H3/t18-,19+,20+,23?,24+,25+,26+,27-,28-/m1/s1. The number of ketones is 1. The molecule has 0 bridgehead atoms. The molecule has 42 heavy (non-hydrogen) atoms. The van der Waals surface area contributed by atoms with E-state index in [0.29, 0.717) is 17.5 Å². The van der Waals surface area contributed by atoms with E-state index in [2.05, 4.69) is 77.8 Å². The summed E-state index contributed by atoms with van der Waals surface area (Å²) in [7, 11) is -4.13. The van der Waals surface area contributed by atoms with Crippen molar-refractivity contribution in [2.75, 3.05) is 13.7 Å². The van der Waals surface area contributed by atoms with Gasteiger partial charge in [0.25, 0.3) is 5.19 Å². The monoisotopic (exact) mass is 661 g/mol. The molecule has 13 heteroatoms. The maximum Gasteiger partial charge on any atom is 0.273 e. The van der Waals surface area contributed by atoms with Crippen molar-refractivity contribution in [3.63, 3.8) is 0 Å². The van der Waals surface area contributed by atoms with E-state index in [1.807, 2.05) is 0 Å². The quantitative estimate of drug-likeness (QED) is 0.168. The number of epoxide rings is 1. The Morgan fingerprint density at radius 3 is 2.19 bits per heavy atom. The number of nitrogens with zero attached hydrogens (tertiary/aromatic N) is 1. The first kappa shape index (κ1) is 36.0. The van der Waals surface area contributed by atoms with Crippen LogP contribution in [0.1, 0.15) is 44.9 Å². The summed E-state index contributed by atoms with van der Waals surface area (Å²) >= 11 is 1.30. The van der Waals surface area contributed by atoms with Crippen molar-refractivity contribution in [1.29, 1.82) is 0 Å². The Morgan fingerprint density at radius 1 is 1.02 bits per heavy atom. The highest BCUT2D eigenvalue weighted by molar-refractivity contribution is 7.11. The number of carbonyl (C=O) groups is 1. The van der Waals surface area contributed by atoms with Crippen LogP contribution in [0.15, 0.2) is 5.38 Å². The topological polar surface area (TPSA) is 109 Å². The first-order valence-electron chi connectivity index (χ1n) is 15.3. The van der Waals surface area contributed by atoms with E-state index in [1.165, 1.54) is 18.4 Å². The molecule has 0 amide bonds. The molecule has 0 spiro atoms. The Labute approximate surface area is 260 Å². The minimum Gasteiger partial charge on any atom is -0.473 e. The van der Waals surface area contributed by atoms with Crippen LogP contribution in [-0.2, 0) is 27.5 Å². The molecule has 1 unspecified atom stereocenters. The van der Waals surface area contributed by atoms with E-state index in [4.69, 9.17) is 27.5 Å². The highest BCUT2D eigenvalue weighted by atomic mass is 32.1. The van der Waals surface area contributed by atoms with Gasteiger partial charge in [0.2, 0.25) is 0 Å². The molecule has 2 saturated heterocycles. The van der Waals surface area contributed by atoms with Crippen LogP contribution >= 0.6 is 11.3 Å². The molecular weight excluding hydrogens is 607 g/mol. The van der Waals surface area contributed by atoms with E-state index in [9.17, 15) is 9.90 Å². The van der Waals surface area contributed by atoms with Crippen LogP contribution in [0, 0.1) is 11.8 Å². The molecule has 0 aliphatic carbocycles. The summed E-state index contributed by atoms with van der Waals surface area (Å²) in [6, 6.07) is 0. The highest BCUT2D eigenvalue weighted by Crippen LogP contribution is 2.41. The largest absolute Gasteiger partial charge is 0.473 e. The molecule has 1 aromatic heterocycles. The molecule has 0 saturated carbocycles. The van der Waals surface area contributed by atoms with Gasteiger partial charge in [0.05, 0.1) is 49.9 Å². The van der Waals surface area contributed by atoms with Crippen LogP contribution < -0.4 is 4.74 Å². The third kappa shape index (κ3) is 11.1. The van der Waals surface area contributed by atoms with Gasteiger partial charge in [0, 0.05) is 42.6 Å². The lowest BCUT2D eigenvalue weighted by atomic mass is 9.85. The summed E-state index contributed by atoms with van der Waals surface area (Å²) in [4.78, 5) is 17.5. The summed E-state index contributed by atoms with van der Waals surface area (Å²) in [5, 5.41) is 12.9. The summed E-state index contributed by atoms with van der Waals surface area (Å²) in [5.41, 5.74) is 0.456. The normalized spacial score (nSPS) is 29.2. The van der Waals surface area contributed by atoms with Crippen molar-refractivity contribution in [3.05, 3.63) is 11.1 Å². The minimum atomic E-state index is -2.01. The van der Waals surface area contributed by atoms with Crippen LogP contribution in [0.2, 0.25) is 58.9 Å². The average molecular weight is 662 g/mol. The summed E-state index contributed by atoms with van der Waals surface area (Å²) in [5.74, 6) is 0.0671. The molecule has 9 nitrogen and oxygen atoms in total. The van der Waals surface area contributed by atoms with Crippen LogP contribution in [-0.4, -0.2) is 91.2 Å². The molecule has 0 radical (unpaired) electrons. The lowest BCUT2D eigenvalue weighted by Crippen LogP contribution is -2.58. The molecule has 3 heterocycles. The van der Waals surface area contributed by atoms with Gasteiger partial charge in [-0.05, 0) is 65.8 Å². The van der Waals surface area contributed by atoms with Crippen LogP contribution in [0.3, 0.4) is 0 Å². The SMILES string of the molecule is COc1nc(C(O)CC(=O)C[C@H]2CO[C@@H](C[C@@H]3O[C@H]3[C@H](C)[C@H](C)O[Si](C)(C)C)[C@@H](O[Si](C)(C)C)[C@@H]2O[Si](C)(C)C)cs1. The molecule has 9 atom stereocenters. The third-order valence-electron chi connectivity index (χ3n) is 7.47. The van der Waals surface area contributed by atoms with E-state index in [-0.39, 0.29) is 67.1 Å². The number of Topliss-reactive ketones (excluding diaryl/α,β-unsaturated/α-hetero) is 1. The lowest BCUT2D eigenvalue weighted by Gasteiger charge is -2.47. The van der Waals surface area contributed by atoms with E-state index in [0.717, 1.165) is 6.42 Å². The van der Waals surface area contributed by atoms with Gasteiger partial charge in [0.1, 0.15) is 11.9 Å². The first-order valence-corrected chi connectivity index (χ1v) is 26.4. The van der Waals surface area contributed by atoms with E-state index >= 15 is 0 Å². The van der Waals surface area contributed by atoms with Crippen molar-refractivity contribution in [3.8, 4) is 5.19 Å². The lowest BCUT2D eigenvalue weighted by molar-refractivity contribution is -0.159. The Bertz CT molecular complexity index is 1020. The van der Waals surface area contributed by atoms with E-state index in [1.54, 1.807) is 5.38 Å². The number of ether oxygens (including phenoxy) is 3. The molecule has 0 aromatic carbocycles. The second kappa shape index (κ2) is 14.3. The third-order valence-corrected chi connectivity index (χ3v) is 11.3. The van der Waals surface area contributed by atoms with Crippen LogP contribution in [0.25, 0.3) is 0 Å². The van der Waals surface area contributed by atoms with Gasteiger partial charge >= 0.3 is 0 Å². The number of aliphatic hydroxyl groups is 1. The Hall–Kier alpha value is -0.489. The molecule has 2 fully saturated rings. The van der Waals surface area contributed by atoms with Gasteiger partial charge in [-0.15, -0.1) is 0 Å². The maximum absolute atomic E-state index is 13.2. The van der Waals surface area contributed by atoms with Crippen molar-refractivity contribution >= 4 is 42.1 Å². The summed E-state index contributed by atoms with van der Waals surface area (Å²) in [6.07, 6.45) is -0.421. The maximum atomic E-state index is 13.2. The average Bonchev–Trinajstić information content (AvgIpc) is 3.41. The number of hydrogen-bond donors (Lipinski definition) is 1. The smallest absolute Gasteiger partial charge is 0.273 e. The predicted octanol–water partition coefficient (Wildman–Crippen LogP) is 6.02. The molecule has 242 valence electrons. The van der Waals surface area contributed by atoms with E-state index < -0.39 is 31.1 Å². The molecule has 2 aliphatic heterocycles. The fourth-order valence-corrected chi connectivity index (χ4v) is 9.86. The fourth-order valence-electron chi connectivity index (χ4n) is 5.60. The number of hydrogen-bond acceptors (Lipinski definition) is 10. The Kier molecular flexibility index (Phi) is 12.2. The van der Waals surface area contributed by atoms with Crippen LogP contribution in [0.4, 0.5) is 0 Å².